The third-order valence-electron chi connectivity index (χ3n) is 14.0. The highest BCUT2D eigenvalue weighted by molar-refractivity contribution is 7.91. The van der Waals surface area contributed by atoms with Crippen molar-refractivity contribution in [3.63, 3.8) is 0 Å². The molecule has 5 heterocycles. The fourth-order valence-corrected chi connectivity index (χ4v) is 13.8. The zero-order valence-electron chi connectivity index (χ0n) is 54.5. The Labute approximate surface area is 584 Å². The van der Waals surface area contributed by atoms with Crippen LogP contribution in [0.3, 0.4) is 0 Å². The van der Waals surface area contributed by atoms with Crippen LogP contribution in [0.4, 0.5) is 0 Å². The first-order valence-corrected chi connectivity index (χ1v) is 36.4. The second-order valence-electron chi connectivity index (χ2n) is 24.0. The zero-order chi connectivity index (χ0) is 70.0. The van der Waals surface area contributed by atoms with Gasteiger partial charge < -0.3 is 5.11 Å². The van der Waals surface area contributed by atoms with Crippen molar-refractivity contribution in [3.8, 4) is 11.4 Å². The molecule has 0 saturated heterocycles. The number of aromatic nitrogens is 8. The highest BCUT2D eigenvalue weighted by atomic mass is 32.2. The summed E-state index contributed by atoms with van der Waals surface area (Å²) in [5.41, 5.74) is 3.20. The number of Topliss-reactive ketones (excluding diaryl/α,β-unsaturated/α-hetero) is 1. The van der Waals surface area contributed by atoms with Crippen molar-refractivity contribution in [2.45, 2.75) is 176 Å². The maximum absolute atomic E-state index is 12.2. The van der Waals surface area contributed by atoms with E-state index in [2.05, 4.69) is 0 Å². The van der Waals surface area contributed by atoms with Gasteiger partial charge in [0.25, 0.3) is 30.4 Å². The molecular formula is C66H112N10O17S5+6. The van der Waals surface area contributed by atoms with Crippen molar-refractivity contribution in [1.82, 2.24) is 18.3 Å². The first-order valence-electron chi connectivity index (χ1n) is 28.7. The number of ketones is 1. The minimum Gasteiger partial charge on any atom is -0.477 e. The standard InChI is InChI=1S/C14H18N2O5S2.C14H18N2O3S.C13H16N2O3S.C11H17N2O3.C8H14N2O3S.6CH4/c1-10(2)11-7-12(22(4,17)18)14(13(8-11)23(19,20)21)16-6-5-15(3)9-16;1-11(2)12-4-5-13(14(8-12)20(17,18)19)9-16-7-6-15(3)10-16;1-10(2)11-4-5-12(13(8-11)19(16,17)18)15-7-6-14(3)9-15;1-9(2)12-4-5-13(8-12,6-10(3)14)7-11(15)16;1-7(2)8(14(11,12)13)10-5-4-9(3)6-10;;;;;;/h5-10H,1-4H3;4-8,10-11H,9H2,1-3H3;4-10H,1-3H3;4-5,8-9H,6-7H2,1-3H3;4-8H,1-3H3;6*1H4/q;;;+1;;;;;;;/p+5. The molecule has 1 aliphatic rings. The number of imidazole rings is 4. The number of quaternary nitrogens is 1. The normalized spacial score (nSPS) is 13.7. The fourth-order valence-electron chi connectivity index (χ4n) is 9.48. The molecule has 0 fully saturated rings. The quantitative estimate of drug-likeness (QED) is 0.0286. The van der Waals surface area contributed by atoms with E-state index in [1.165, 1.54) is 46.8 Å². The maximum atomic E-state index is 12.2. The number of benzene rings is 3. The third-order valence-corrected chi connectivity index (χ3v) is 19.2. The maximum Gasteiger partial charge on any atom is 0.360 e. The summed E-state index contributed by atoms with van der Waals surface area (Å²) in [5, 5.41) is 7.96. The fraction of sp³-hybridized carbons (Fsp3) is 0.470. The number of hydrogen-bond donors (Lipinski definition) is 5. The van der Waals surface area contributed by atoms with Crippen LogP contribution in [-0.2, 0) is 94.6 Å². The molecule has 27 nitrogen and oxygen atoms in total. The predicted molar refractivity (Wildman–Crippen MR) is 380 cm³/mol. The molecule has 4 aromatic heterocycles. The van der Waals surface area contributed by atoms with Crippen LogP contribution in [0.1, 0.15) is 166 Å². The van der Waals surface area contributed by atoms with Crippen LogP contribution in [0.2, 0.25) is 0 Å². The van der Waals surface area contributed by atoms with Crippen LogP contribution in [0, 0.1) is 5.92 Å². The van der Waals surface area contributed by atoms with Gasteiger partial charge in [-0.15, -0.1) is 0 Å². The van der Waals surface area contributed by atoms with Crippen molar-refractivity contribution >= 4 is 68.4 Å². The lowest BCUT2D eigenvalue weighted by atomic mass is 10.0. The predicted octanol–water partition coefficient (Wildman–Crippen LogP) is 9.06. The van der Waals surface area contributed by atoms with Gasteiger partial charge in [-0.3, -0.25) is 23.0 Å². The molecule has 1 aliphatic heterocycles. The Morgan fingerprint density at radius 2 is 0.949 bits per heavy atom. The van der Waals surface area contributed by atoms with Gasteiger partial charge in [0.15, 0.2) is 52.3 Å². The topological polar surface area (TPSA) is 344 Å². The number of aliphatic carboxylic acids is 1. The number of carboxylic acid groups (broad SMARTS) is 1. The van der Waals surface area contributed by atoms with Crippen LogP contribution in [0.25, 0.3) is 11.4 Å². The number of nitrogens with zero attached hydrogens (tertiary/aromatic N) is 10. The van der Waals surface area contributed by atoms with Gasteiger partial charge in [0, 0.05) is 24.7 Å². The summed E-state index contributed by atoms with van der Waals surface area (Å²) < 4.78 is 169. The Hall–Kier alpha value is -7.40. The van der Waals surface area contributed by atoms with Gasteiger partial charge >= 0.3 is 22.4 Å². The Morgan fingerprint density at radius 3 is 1.32 bits per heavy atom. The van der Waals surface area contributed by atoms with Gasteiger partial charge in [0.2, 0.25) is 36.9 Å². The second-order valence-corrected chi connectivity index (χ2v) is 31.7. The van der Waals surface area contributed by atoms with E-state index in [4.69, 9.17) is 9.66 Å². The molecular weight excluding hydrogens is 1370 g/mol. The molecule has 0 saturated carbocycles. The number of carboxylic acids is 1. The first kappa shape index (κ1) is 94.8. The van der Waals surface area contributed by atoms with Crippen LogP contribution in [-0.4, -0.2) is 136 Å². The summed E-state index contributed by atoms with van der Waals surface area (Å²) in [6, 6.07) is 13.3. The van der Waals surface area contributed by atoms with E-state index >= 15 is 0 Å². The Balaban J connectivity index is -0.00000114. The summed E-state index contributed by atoms with van der Waals surface area (Å²) in [4.78, 5) is 21.3. The molecule has 98 heavy (non-hydrogen) atoms. The summed E-state index contributed by atoms with van der Waals surface area (Å²) in [6.07, 6.45) is 26.9. The lowest BCUT2D eigenvalue weighted by Gasteiger charge is -2.20. The van der Waals surface area contributed by atoms with Crippen LogP contribution >= 0.6 is 0 Å². The zero-order valence-corrected chi connectivity index (χ0v) is 58.6. The summed E-state index contributed by atoms with van der Waals surface area (Å²) >= 11 is 0. The van der Waals surface area contributed by atoms with Gasteiger partial charge in [-0.2, -0.15) is 47.3 Å². The Morgan fingerprint density at radius 1 is 0.520 bits per heavy atom. The van der Waals surface area contributed by atoms with Gasteiger partial charge in [0.05, 0.1) is 28.2 Å². The minimum atomic E-state index is -4.61. The molecule has 0 radical (unpaired) electrons. The van der Waals surface area contributed by atoms with E-state index in [1.807, 2.05) is 120 Å². The van der Waals surface area contributed by atoms with Gasteiger partial charge in [-0.05, 0) is 78.6 Å². The smallest absolute Gasteiger partial charge is 0.360 e. The van der Waals surface area contributed by atoms with Crippen LogP contribution < -0.4 is 18.3 Å². The third kappa shape index (κ3) is 27.4. The molecule has 7 aromatic rings. The van der Waals surface area contributed by atoms with Crippen molar-refractivity contribution in [2.24, 2.45) is 34.1 Å². The molecule has 0 amide bonds. The molecule has 5 N–H and O–H groups in total. The molecule has 0 spiro atoms. The number of carbonyl (C=O) groups excluding carboxylic acids is 1. The lowest BCUT2D eigenvalue weighted by molar-refractivity contribution is -0.774. The summed E-state index contributed by atoms with van der Waals surface area (Å²) in [5.74, 6) is -0.826. The number of aryl methyl sites for hydroxylation is 4. The largest absolute Gasteiger partial charge is 0.477 e. The summed E-state index contributed by atoms with van der Waals surface area (Å²) in [6.45, 7) is 21.0. The highest BCUT2D eigenvalue weighted by Crippen LogP contribution is 2.33. The molecule has 0 bridgehead atoms. The molecule has 32 heteroatoms. The number of rotatable bonds is 19. The van der Waals surface area contributed by atoms with Crippen LogP contribution in [0.15, 0.2) is 155 Å². The number of sulfone groups is 1. The number of carbonyl (C=O) groups is 2. The van der Waals surface area contributed by atoms with E-state index in [-0.39, 0.29) is 118 Å². The van der Waals surface area contributed by atoms with E-state index in [9.17, 15) is 65.3 Å². The summed E-state index contributed by atoms with van der Waals surface area (Å²) in [7, 11) is -13.6. The van der Waals surface area contributed by atoms with Crippen molar-refractivity contribution in [1.29, 1.82) is 0 Å². The Kier molecular flexibility index (Phi) is 37.0. The van der Waals surface area contributed by atoms with E-state index in [0.717, 1.165) is 17.4 Å². The molecule has 2 atom stereocenters. The lowest BCUT2D eigenvalue weighted by Crippen LogP contribution is -2.48. The molecule has 0 aliphatic carbocycles. The highest BCUT2D eigenvalue weighted by Gasteiger charge is 2.39. The molecule has 3 aromatic carbocycles. The monoisotopic (exact) mass is 1480 g/mol. The number of hydrogen-bond acceptors (Lipinski definition) is 12. The second kappa shape index (κ2) is 38.3. The van der Waals surface area contributed by atoms with Crippen LogP contribution in [0.5, 0.6) is 0 Å². The SMILES string of the molecule is C.C.C.C.C.C.CC(=O)C[N+]1(CC(=O)O)C=C[N+](C(C)C)=C1.CC(C)C(n1cc[n+](C)c1)S(=O)(=O)O.CC(C)c1cc(S(C)(=O)=O)c(-n2cc[n+](C)c2)c(S(=O)(=O)O)c1.CC(C)c1ccc(-n2cc[n+](C)c2)c(S(=O)(=O)O)c1.CC(C)c1ccc(Cn2cc[n+](C)c2)c(S(=O)(=O)O)c1. The molecule has 2 unspecified atom stereocenters. The molecule has 8 rings (SSSR count). The van der Waals surface area contributed by atoms with Crippen molar-refractivity contribution in [2.75, 3.05) is 19.3 Å². The van der Waals surface area contributed by atoms with Crippen molar-refractivity contribution in [3.05, 3.63) is 158 Å². The van der Waals surface area contributed by atoms with Gasteiger partial charge in [-0.1, -0.05) is 118 Å². The minimum absolute atomic E-state index is 0. The van der Waals surface area contributed by atoms with Crippen molar-refractivity contribution < 1.29 is 102 Å². The van der Waals surface area contributed by atoms with E-state index < -0.39 is 66.5 Å². The average molecular weight is 1480 g/mol. The van der Waals surface area contributed by atoms with Gasteiger partial charge in [0.1, 0.15) is 75.7 Å². The van der Waals surface area contributed by atoms with E-state index in [0.29, 0.717) is 23.4 Å². The first-order chi connectivity index (χ1) is 42.1. The Bertz CT molecular complexity index is 4360. The average Bonchev–Trinajstić information content (AvgIpc) is 1.07. The molecule has 552 valence electrons. The van der Waals surface area contributed by atoms with E-state index in [1.54, 1.807) is 121 Å². The van der Waals surface area contributed by atoms with Gasteiger partial charge in [-0.25, -0.2) is 45.2 Å².